The molecule has 1 unspecified atom stereocenters. The van der Waals surface area contributed by atoms with Gasteiger partial charge in [0, 0.05) is 16.6 Å². The van der Waals surface area contributed by atoms with Crippen LogP contribution in [0.2, 0.25) is 0 Å². The van der Waals surface area contributed by atoms with Crippen molar-refractivity contribution in [1.29, 1.82) is 0 Å². The molecule has 0 aliphatic rings. The van der Waals surface area contributed by atoms with Crippen LogP contribution >= 0.6 is 11.3 Å². The van der Waals surface area contributed by atoms with Crippen LogP contribution in [0.4, 0.5) is 17.6 Å². The number of hydrogen-bond acceptors (Lipinski definition) is 3. The Bertz CT molecular complexity index is 607. The maximum Gasteiger partial charge on any atom is 0.443 e. The number of nitrogens with zero attached hydrogens (tertiary/aromatic N) is 1. The summed E-state index contributed by atoms with van der Waals surface area (Å²) in [6.45, 7) is 1.61. The molecule has 1 N–H and O–H groups in total. The van der Waals surface area contributed by atoms with Crippen LogP contribution in [0.3, 0.4) is 0 Å². The summed E-state index contributed by atoms with van der Waals surface area (Å²) in [4.78, 5) is 3.69. The summed E-state index contributed by atoms with van der Waals surface area (Å²) in [6.07, 6.45) is -3.34. The van der Waals surface area contributed by atoms with Gasteiger partial charge in [-0.1, -0.05) is 18.2 Å². The summed E-state index contributed by atoms with van der Waals surface area (Å²) in [5, 5.41) is 1.90. The summed E-state index contributed by atoms with van der Waals surface area (Å²) in [5.41, 5.74) is 0.758. The first-order valence-electron chi connectivity index (χ1n) is 5.79. The number of thiazole rings is 1. The Morgan fingerprint density at radius 2 is 2.00 bits per heavy atom. The van der Waals surface area contributed by atoms with Crippen molar-refractivity contribution in [1.82, 2.24) is 10.3 Å². The molecule has 2 nitrogen and oxygen atoms in total. The zero-order valence-electron chi connectivity index (χ0n) is 10.8. The minimum atomic E-state index is -4.48. The average molecular weight is 304 g/mol. The second kappa shape index (κ2) is 5.49. The quantitative estimate of drug-likeness (QED) is 0.869. The van der Waals surface area contributed by atoms with E-state index in [2.05, 4.69) is 10.3 Å². The normalized spacial score (nSPS) is 13.5. The number of halogens is 4. The van der Waals surface area contributed by atoms with Gasteiger partial charge >= 0.3 is 6.18 Å². The lowest BCUT2D eigenvalue weighted by molar-refractivity contribution is -0.137. The monoisotopic (exact) mass is 304 g/mol. The predicted octanol–water partition coefficient (Wildman–Crippen LogP) is 3.92. The van der Waals surface area contributed by atoms with Gasteiger partial charge in [0.1, 0.15) is 5.82 Å². The zero-order valence-corrected chi connectivity index (χ0v) is 11.6. The van der Waals surface area contributed by atoms with Crippen LogP contribution in [-0.2, 0) is 6.18 Å². The fraction of sp³-hybridized carbons (Fsp3) is 0.308. The van der Waals surface area contributed by atoms with Gasteiger partial charge in [-0.15, -0.1) is 11.3 Å². The molecule has 1 aromatic carbocycles. The molecule has 0 fully saturated rings. The lowest BCUT2D eigenvalue weighted by Crippen LogP contribution is -2.18. The highest BCUT2D eigenvalue weighted by atomic mass is 32.1. The van der Waals surface area contributed by atoms with E-state index in [0.29, 0.717) is 27.3 Å². The number of aryl methyl sites for hydroxylation is 1. The Labute approximate surface area is 117 Å². The fourth-order valence-corrected chi connectivity index (χ4v) is 2.81. The van der Waals surface area contributed by atoms with Gasteiger partial charge < -0.3 is 5.32 Å². The molecule has 0 radical (unpaired) electrons. The molecule has 0 bridgehead atoms. The maximum absolute atomic E-state index is 14.1. The summed E-state index contributed by atoms with van der Waals surface area (Å²) >= 11 is 0.517. The topological polar surface area (TPSA) is 24.9 Å². The van der Waals surface area contributed by atoms with Crippen molar-refractivity contribution < 1.29 is 17.6 Å². The predicted molar refractivity (Wildman–Crippen MR) is 69.2 cm³/mol. The summed E-state index contributed by atoms with van der Waals surface area (Å²) < 4.78 is 51.8. The SMILES string of the molecule is CNC(c1cnc(C(F)(F)F)s1)c1cccc(C)c1F. The largest absolute Gasteiger partial charge is 0.443 e. The van der Waals surface area contributed by atoms with Gasteiger partial charge in [-0.05, 0) is 19.5 Å². The third-order valence-electron chi connectivity index (χ3n) is 2.87. The Kier molecular flexibility index (Phi) is 4.10. The van der Waals surface area contributed by atoms with E-state index in [1.807, 2.05) is 0 Å². The summed E-state index contributed by atoms with van der Waals surface area (Å²) in [5.74, 6) is -0.422. The third kappa shape index (κ3) is 2.83. The van der Waals surface area contributed by atoms with Crippen LogP contribution in [-0.4, -0.2) is 12.0 Å². The van der Waals surface area contributed by atoms with Crippen molar-refractivity contribution in [3.8, 4) is 0 Å². The van der Waals surface area contributed by atoms with E-state index in [-0.39, 0.29) is 0 Å². The molecular formula is C13H12F4N2S. The second-order valence-electron chi connectivity index (χ2n) is 4.27. The minimum absolute atomic E-state index is 0.310. The highest BCUT2D eigenvalue weighted by molar-refractivity contribution is 7.11. The Morgan fingerprint density at radius 3 is 2.55 bits per heavy atom. The van der Waals surface area contributed by atoms with E-state index in [4.69, 9.17) is 0 Å². The first-order valence-corrected chi connectivity index (χ1v) is 6.61. The van der Waals surface area contributed by atoms with Crippen molar-refractivity contribution in [3.63, 3.8) is 0 Å². The van der Waals surface area contributed by atoms with Gasteiger partial charge in [-0.25, -0.2) is 9.37 Å². The van der Waals surface area contributed by atoms with Crippen molar-refractivity contribution in [2.45, 2.75) is 19.1 Å². The first kappa shape index (κ1) is 14.9. The van der Waals surface area contributed by atoms with Crippen molar-refractivity contribution in [2.75, 3.05) is 7.05 Å². The van der Waals surface area contributed by atoms with E-state index >= 15 is 0 Å². The Hall–Kier alpha value is -1.47. The lowest BCUT2D eigenvalue weighted by Gasteiger charge is -2.16. The number of hydrogen-bond donors (Lipinski definition) is 1. The molecule has 108 valence electrons. The van der Waals surface area contributed by atoms with E-state index in [1.54, 1.807) is 32.2 Å². The number of aromatic nitrogens is 1. The molecule has 2 rings (SSSR count). The lowest BCUT2D eigenvalue weighted by atomic mass is 10.0. The van der Waals surface area contributed by atoms with Crippen LogP contribution in [0.25, 0.3) is 0 Å². The van der Waals surface area contributed by atoms with E-state index in [0.717, 1.165) is 6.20 Å². The van der Waals surface area contributed by atoms with E-state index in [9.17, 15) is 17.6 Å². The number of benzene rings is 1. The summed E-state index contributed by atoms with van der Waals surface area (Å²) in [7, 11) is 1.57. The molecule has 0 saturated heterocycles. The van der Waals surface area contributed by atoms with Gasteiger partial charge in [-0.2, -0.15) is 13.2 Å². The van der Waals surface area contributed by atoms with Crippen molar-refractivity contribution in [3.05, 3.63) is 51.2 Å². The molecule has 0 spiro atoms. The van der Waals surface area contributed by atoms with E-state index in [1.165, 1.54) is 0 Å². The zero-order chi connectivity index (χ0) is 14.9. The third-order valence-corrected chi connectivity index (χ3v) is 3.98. The molecular weight excluding hydrogens is 292 g/mol. The summed E-state index contributed by atoms with van der Waals surface area (Å²) in [6, 6.07) is 4.18. The number of rotatable bonds is 3. The van der Waals surface area contributed by atoms with Gasteiger partial charge in [-0.3, -0.25) is 0 Å². The van der Waals surface area contributed by atoms with Gasteiger partial charge in [0.25, 0.3) is 0 Å². The highest BCUT2D eigenvalue weighted by Gasteiger charge is 2.35. The Morgan fingerprint density at radius 1 is 1.30 bits per heavy atom. The van der Waals surface area contributed by atoms with Crippen LogP contribution in [0.1, 0.15) is 27.1 Å². The van der Waals surface area contributed by atoms with Crippen LogP contribution < -0.4 is 5.32 Å². The maximum atomic E-state index is 14.1. The molecule has 0 amide bonds. The number of alkyl halides is 3. The van der Waals surface area contributed by atoms with Crippen LogP contribution in [0, 0.1) is 12.7 Å². The van der Waals surface area contributed by atoms with Gasteiger partial charge in [0.15, 0.2) is 5.01 Å². The molecule has 1 atom stereocenters. The second-order valence-corrected chi connectivity index (χ2v) is 5.33. The number of nitrogens with one attached hydrogen (secondary N) is 1. The molecule has 0 saturated carbocycles. The van der Waals surface area contributed by atoms with Crippen LogP contribution in [0.5, 0.6) is 0 Å². The highest BCUT2D eigenvalue weighted by Crippen LogP contribution is 2.36. The standard InChI is InChI=1S/C13H12F4N2S/c1-7-4-3-5-8(10(7)14)11(18-2)9-6-19-12(20-9)13(15,16)17/h3-6,11,18H,1-2H3. The van der Waals surface area contributed by atoms with E-state index < -0.39 is 23.0 Å². The smallest absolute Gasteiger partial charge is 0.309 e. The fourth-order valence-electron chi connectivity index (χ4n) is 1.90. The van der Waals surface area contributed by atoms with Crippen molar-refractivity contribution >= 4 is 11.3 Å². The molecule has 7 heteroatoms. The van der Waals surface area contributed by atoms with Gasteiger partial charge in [0.2, 0.25) is 0 Å². The average Bonchev–Trinajstić information content (AvgIpc) is 2.85. The Balaban J connectivity index is 2.43. The molecule has 20 heavy (non-hydrogen) atoms. The van der Waals surface area contributed by atoms with Crippen molar-refractivity contribution in [2.24, 2.45) is 0 Å². The molecule has 1 heterocycles. The molecule has 0 aliphatic heterocycles. The van der Waals surface area contributed by atoms with Crippen LogP contribution in [0.15, 0.2) is 24.4 Å². The molecule has 1 aromatic heterocycles. The molecule has 0 aliphatic carbocycles. The first-order chi connectivity index (χ1) is 9.34. The van der Waals surface area contributed by atoms with Gasteiger partial charge in [0.05, 0.1) is 6.04 Å². The minimum Gasteiger partial charge on any atom is -0.309 e. The molecule has 2 aromatic rings.